The minimum absolute atomic E-state index is 0.270. The van der Waals surface area contributed by atoms with Crippen LogP contribution in [0.15, 0.2) is 54.6 Å². The third-order valence-corrected chi connectivity index (χ3v) is 4.08. The quantitative estimate of drug-likeness (QED) is 0.789. The van der Waals surface area contributed by atoms with Crippen molar-refractivity contribution in [2.24, 2.45) is 0 Å². The molecule has 22 heavy (non-hydrogen) atoms. The molecule has 1 saturated heterocycles. The van der Waals surface area contributed by atoms with E-state index in [9.17, 15) is 5.11 Å². The Morgan fingerprint density at radius 2 is 1.73 bits per heavy atom. The van der Waals surface area contributed by atoms with Crippen molar-refractivity contribution in [3.63, 3.8) is 0 Å². The summed E-state index contributed by atoms with van der Waals surface area (Å²) in [6.07, 6.45) is 0.521. The molecule has 0 bridgehead atoms. The first kappa shape index (κ1) is 13.2. The Hall–Kier alpha value is -2.46. The van der Waals surface area contributed by atoms with E-state index in [2.05, 4.69) is 4.90 Å². The summed E-state index contributed by atoms with van der Waals surface area (Å²) >= 11 is 0. The van der Waals surface area contributed by atoms with Crippen LogP contribution in [0.4, 0.5) is 5.82 Å². The molecule has 1 aliphatic rings. The van der Waals surface area contributed by atoms with E-state index in [1.54, 1.807) is 0 Å². The maximum Gasteiger partial charge on any atom is 0.162 e. The Labute approximate surface area is 129 Å². The highest BCUT2D eigenvalue weighted by atomic mass is 16.3. The van der Waals surface area contributed by atoms with E-state index in [0.717, 1.165) is 41.1 Å². The van der Waals surface area contributed by atoms with Gasteiger partial charge in [0, 0.05) is 24.0 Å². The monoisotopic (exact) mass is 291 g/mol. The van der Waals surface area contributed by atoms with Crippen molar-refractivity contribution < 1.29 is 5.11 Å². The zero-order valence-corrected chi connectivity index (χ0v) is 12.2. The van der Waals surface area contributed by atoms with E-state index >= 15 is 0 Å². The molecule has 0 aliphatic carbocycles. The number of hydrogen-bond acceptors (Lipinski definition) is 4. The number of anilines is 1. The lowest BCUT2D eigenvalue weighted by Crippen LogP contribution is -2.22. The van der Waals surface area contributed by atoms with E-state index in [-0.39, 0.29) is 6.10 Å². The lowest BCUT2D eigenvalue weighted by molar-refractivity contribution is 0.198. The molecule has 2 heterocycles. The van der Waals surface area contributed by atoms with Crippen molar-refractivity contribution in [2.75, 3.05) is 18.0 Å². The summed E-state index contributed by atoms with van der Waals surface area (Å²) in [5.74, 6) is 1.65. The first-order chi connectivity index (χ1) is 10.8. The number of benzene rings is 2. The number of β-amino-alcohol motifs (C(OH)–C–C–N with tert-alkyl or cyclic N) is 1. The number of aliphatic hydroxyl groups is 1. The Morgan fingerprint density at radius 3 is 2.50 bits per heavy atom. The molecule has 1 fully saturated rings. The molecule has 4 nitrogen and oxygen atoms in total. The predicted octanol–water partition coefficient (Wildman–Crippen LogP) is 2.87. The minimum Gasteiger partial charge on any atom is -0.391 e. The molecular weight excluding hydrogens is 274 g/mol. The van der Waals surface area contributed by atoms with Crippen LogP contribution in [-0.2, 0) is 0 Å². The van der Waals surface area contributed by atoms with E-state index in [1.165, 1.54) is 0 Å². The first-order valence-electron chi connectivity index (χ1n) is 7.56. The van der Waals surface area contributed by atoms with Crippen LogP contribution in [0, 0.1) is 0 Å². The van der Waals surface area contributed by atoms with Gasteiger partial charge >= 0.3 is 0 Å². The normalized spacial score (nSPS) is 18.0. The van der Waals surface area contributed by atoms with Crippen LogP contribution in [-0.4, -0.2) is 34.3 Å². The highest BCUT2D eigenvalue weighted by molar-refractivity contribution is 5.91. The summed E-state index contributed by atoms with van der Waals surface area (Å²) in [6, 6.07) is 18.1. The Kier molecular flexibility index (Phi) is 3.24. The molecule has 3 aromatic rings. The highest BCUT2D eigenvalue weighted by Gasteiger charge is 2.23. The van der Waals surface area contributed by atoms with Crippen LogP contribution >= 0.6 is 0 Å². The van der Waals surface area contributed by atoms with Crippen LogP contribution in [0.25, 0.3) is 22.3 Å². The molecule has 2 aromatic carbocycles. The summed E-state index contributed by atoms with van der Waals surface area (Å²) in [5.41, 5.74) is 1.95. The van der Waals surface area contributed by atoms with Gasteiger partial charge < -0.3 is 10.0 Å². The lowest BCUT2D eigenvalue weighted by atomic mass is 10.2. The smallest absolute Gasteiger partial charge is 0.162 e. The zero-order valence-electron chi connectivity index (χ0n) is 12.2. The number of aromatic nitrogens is 2. The minimum atomic E-state index is -0.270. The lowest BCUT2D eigenvalue weighted by Gasteiger charge is -2.19. The fourth-order valence-corrected chi connectivity index (χ4v) is 2.95. The van der Waals surface area contributed by atoms with Gasteiger partial charge in [-0.3, -0.25) is 0 Å². The van der Waals surface area contributed by atoms with Gasteiger partial charge in [0.15, 0.2) is 5.82 Å². The van der Waals surface area contributed by atoms with Crippen LogP contribution in [0.3, 0.4) is 0 Å². The van der Waals surface area contributed by atoms with Gasteiger partial charge in [0.1, 0.15) is 5.82 Å². The number of rotatable bonds is 2. The molecule has 4 heteroatoms. The van der Waals surface area contributed by atoms with Crippen molar-refractivity contribution in [3.8, 4) is 11.4 Å². The molecule has 1 N–H and O–H groups in total. The fourth-order valence-electron chi connectivity index (χ4n) is 2.95. The third-order valence-electron chi connectivity index (χ3n) is 4.08. The maximum absolute atomic E-state index is 9.83. The second-order valence-electron chi connectivity index (χ2n) is 5.64. The molecule has 0 spiro atoms. The molecule has 0 amide bonds. The van der Waals surface area contributed by atoms with Gasteiger partial charge in [0.05, 0.1) is 11.6 Å². The predicted molar refractivity (Wildman–Crippen MR) is 87.8 cm³/mol. The Bertz CT molecular complexity index is 804. The van der Waals surface area contributed by atoms with E-state index < -0.39 is 0 Å². The second kappa shape index (κ2) is 5.39. The van der Waals surface area contributed by atoms with Gasteiger partial charge in [-0.25, -0.2) is 9.97 Å². The van der Waals surface area contributed by atoms with Gasteiger partial charge in [0.2, 0.25) is 0 Å². The van der Waals surface area contributed by atoms with Crippen molar-refractivity contribution in [1.29, 1.82) is 0 Å². The maximum atomic E-state index is 9.83. The topological polar surface area (TPSA) is 49.2 Å². The van der Waals surface area contributed by atoms with Crippen LogP contribution in [0.5, 0.6) is 0 Å². The zero-order chi connectivity index (χ0) is 14.9. The SMILES string of the molecule is O[C@@H]1CCN(c2nc(-c3ccccc3)nc3ccccc23)C1. The summed E-state index contributed by atoms with van der Waals surface area (Å²) < 4.78 is 0. The van der Waals surface area contributed by atoms with Crippen molar-refractivity contribution >= 4 is 16.7 Å². The molecule has 1 aromatic heterocycles. The van der Waals surface area contributed by atoms with E-state index in [4.69, 9.17) is 9.97 Å². The van der Waals surface area contributed by atoms with Gasteiger partial charge in [-0.05, 0) is 18.6 Å². The van der Waals surface area contributed by atoms with E-state index in [1.807, 2.05) is 54.6 Å². The summed E-state index contributed by atoms with van der Waals surface area (Å²) in [4.78, 5) is 11.6. The van der Waals surface area contributed by atoms with Crippen molar-refractivity contribution in [1.82, 2.24) is 9.97 Å². The molecular formula is C18H17N3O. The third kappa shape index (κ3) is 2.31. The van der Waals surface area contributed by atoms with Crippen LogP contribution in [0.2, 0.25) is 0 Å². The van der Waals surface area contributed by atoms with Gasteiger partial charge in [-0.2, -0.15) is 0 Å². The Morgan fingerprint density at radius 1 is 0.955 bits per heavy atom. The average Bonchev–Trinajstić information content (AvgIpc) is 3.01. The largest absolute Gasteiger partial charge is 0.391 e. The molecule has 4 rings (SSSR count). The van der Waals surface area contributed by atoms with Gasteiger partial charge in [0.25, 0.3) is 0 Å². The molecule has 1 atom stereocenters. The Balaban J connectivity index is 1.90. The summed E-state index contributed by atoms with van der Waals surface area (Å²) in [5, 5.41) is 10.9. The number of aliphatic hydroxyl groups excluding tert-OH is 1. The summed E-state index contributed by atoms with van der Waals surface area (Å²) in [7, 11) is 0. The fraction of sp³-hybridized carbons (Fsp3) is 0.222. The number of hydrogen-bond donors (Lipinski definition) is 1. The molecule has 110 valence electrons. The van der Waals surface area contributed by atoms with Crippen molar-refractivity contribution in [3.05, 3.63) is 54.6 Å². The number of para-hydroxylation sites is 1. The molecule has 0 unspecified atom stereocenters. The molecule has 1 aliphatic heterocycles. The standard InChI is InChI=1S/C18H17N3O/c22-14-10-11-21(12-14)18-15-8-4-5-9-16(15)19-17(20-18)13-6-2-1-3-7-13/h1-9,14,22H,10-12H2/t14-/m1/s1. The highest BCUT2D eigenvalue weighted by Crippen LogP contribution is 2.29. The van der Waals surface area contributed by atoms with Crippen molar-refractivity contribution in [2.45, 2.75) is 12.5 Å². The second-order valence-corrected chi connectivity index (χ2v) is 5.64. The average molecular weight is 291 g/mol. The van der Waals surface area contributed by atoms with E-state index in [0.29, 0.717) is 6.54 Å². The number of fused-ring (bicyclic) bond motifs is 1. The van der Waals surface area contributed by atoms with Gasteiger partial charge in [-0.15, -0.1) is 0 Å². The molecule has 0 saturated carbocycles. The van der Waals surface area contributed by atoms with Crippen LogP contribution < -0.4 is 4.90 Å². The summed E-state index contributed by atoms with van der Waals surface area (Å²) in [6.45, 7) is 1.46. The first-order valence-corrected chi connectivity index (χ1v) is 7.56. The molecule has 0 radical (unpaired) electrons. The van der Waals surface area contributed by atoms with Crippen LogP contribution in [0.1, 0.15) is 6.42 Å². The number of nitrogens with zero attached hydrogens (tertiary/aromatic N) is 3. The van der Waals surface area contributed by atoms with Gasteiger partial charge in [-0.1, -0.05) is 42.5 Å².